The Balaban J connectivity index is 2.56. The van der Waals surface area contributed by atoms with Gasteiger partial charge in [-0.2, -0.15) is 0 Å². The van der Waals surface area contributed by atoms with Crippen LogP contribution in [0, 0.1) is 0 Å². The summed E-state index contributed by atoms with van der Waals surface area (Å²) in [5.74, 6) is -0.758. The van der Waals surface area contributed by atoms with Crippen LogP contribution < -0.4 is 10.1 Å². The number of amides is 1. The van der Waals surface area contributed by atoms with Gasteiger partial charge < -0.3 is 19.9 Å². The maximum Gasteiger partial charge on any atom is 0.408 e. The molecule has 0 heterocycles. The first kappa shape index (κ1) is 17.1. The Bertz CT molecular complexity index is 495. The van der Waals surface area contributed by atoms with E-state index < -0.39 is 23.7 Å². The van der Waals surface area contributed by atoms with Crippen molar-refractivity contribution < 1.29 is 24.2 Å². The van der Waals surface area contributed by atoms with Gasteiger partial charge in [-0.3, -0.25) is 0 Å². The van der Waals surface area contributed by atoms with Crippen LogP contribution in [0.25, 0.3) is 0 Å². The van der Waals surface area contributed by atoms with Crippen LogP contribution in [0.15, 0.2) is 24.3 Å². The molecule has 1 unspecified atom stereocenters. The third-order valence-corrected chi connectivity index (χ3v) is 2.47. The number of carboxylic acid groups (broad SMARTS) is 1. The van der Waals surface area contributed by atoms with Crippen LogP contribution in [0.4, 0.5) is 4.79 Å². The standard InChI is InChI=1S/C14H18ClNO5/c1-14(2,3)21-13(19)16-11(12(17)18)8-20-10-6-4-9(15)5-7-10/h4-7,11H,8H2,1-3H3,(H,16,19)(H,17,18). The monoisotopic (exact) mass is 315 g/mol. The summed E-state index contributed by atoms with van der Waals surface area (Å²) >= 11 is 5.73. The zero-order chi connectivity index (χ0) is 16.0. The number of ether oxygens (including phenoxy) is 2. The van der Waals surface area contributed by atoms with Gasteiger partial charge in [-0.05, 0) is 45.0 Å². The summed E-state index contributed by atoms with van der Waals surface area (Å²) in [6, 6.07) is 5.24. The maximum atomic E-state index is 11.6. The number of carbonyl (C=O) groups excluding carboxylic acids is 1. The zero-order valence-electron chi connectivity index (χ0n) is 12.1. The van der Waals surface area contributed by atoms with Gasteiger partial charge in [0.15, 0.2) is 6.04 Å². The molecular formula is C14H18ClNO5. The fourth-order valence-corrected chi connectivity index (χ4v) is 1.46. The Kier molecular flexibility index (Phi) is 5.84. The van der Waals surface area contributed by atoms with E-state index in [9.17, 15) is 9.59 Å². The molecule has 0 bridgehead atoms. The first-order chi connectivity index (χ1) is 9.67. The lowest BCUT2D eigenvalue weighted by molar-refractivity contribution is -0.140. The fraction of sp³-hybridized carbons (Fsp3) is 0.429. The molecule has 116 valence electrons. The van der Waals surface area contributed by atoms with E-state index in [-0.39, 0.29) is 6.61 Å². The molecule has 6 nitrogen and oxygen atoms in total. The lowest BCUT2D eigenvalue weighted by Gasteiger charge is -2.22. The molecule has 0 fully saturated rings. The van der Waals surface area contributed by atoms with Crippen molar-refractivity contribution in [1.29, 1.82) is 0 Å². The second-order valence-electron chi connectivity index (χ2n) is 5.30. The molecule has 1 aromatic carbocycles. The van der Waals surface area contributed by atoms with Crippen molar-refractivity contribution in [3.05, 3.63) is 29.3 Å². The van der Waals surface area contributed by atoms with Gasteiger partial charge in [-0.25, -0.2) is 9.59 Å². The highest BCUT2D eigenvalue weighted by atomic mass is 35.5. The topological polar surface area (TPSA) is 84.9 Å². The van der Waals surface area contributed by atoms with Crippen molar-refractivity contribution >= 4 is 23.7 Å². The van der Waals surface area contributed by atoms with Crippen molar-refractivity contribution in [3.8, 4) is 5.75 Å². The Hall–Kier alpha value is -1.95. The Morgan fingerprint density at radius 2 is 1.86 bits per heavy atom. The van der Waals surface area contributed by atoms with Gasteiger partial charge in [0.25, 0.3) is 0 Å². The molecule has 2 N–H and O–H groups in total. The average molecular weight is 316 g/mol. The van der Waals surface area contributed by atoms with E-state index in [1.165, 1.54) is 0 Å². The lowest BCUT2D eigenvalue weighted by Crippen LogP contribution is -2.46. The van der Waals surface area contributed by atoms with Gasteiger partial charge in [-0.15, -0.1) is 0 Å². The van der Waals surface area contributed by atoms with Crippen LogP contribution in [0.5, 0.6) is 5.75 Å². The number of benzene rings is 1. The highest BCUT2D eigenvalue weighted by Gasteiger charge is 2.24. The van der Waals surface area contributed by atoms with Crippen LogP contribution in [0.2, 0.25) is 5.02 Å². The lowest BCUT2D eigenvalue weighted by atomic mass is 10.2. The minimum atomic E-state index is -1.21. The molecule has 0 saturated carbocycles. The summed E-state index contributed by atoms with van der Waals surface area (Å²) in [4.78, 5) is 22.7. The van der Waals surface area contributed by atoms with E-state index in [0.717, 1.165) is 0 Å². The third kappa shape index (κ3) is 6.85. The SMILES string of the molecule is CC(C)(C)OC(=O)NC(COc1ccc(Cl)cc1)C(=O)O. The van der Waals surface area contributed by atoms with Crippen molar-refractivity contribution in [1.82, 2.24) is 5.32 Å². The molecule has 0 radical (unpaired) electrons. The highest BCUT2D eigenvalue weighted by molar-refractivity contribution is 6.30. The van der Waals surface area contributed by atoms with Crippen LogP contribution >= 0.6 is 11.6 Å². The third-order valence-electron chi connectivity index (χ3n) is 2.22. The van der Waals surface area contributed by atoms with Crippen molar-refractivity contribution in [2.24, 2.45) is 0 Å². The first-order valence-electron chi connectivity index (χ1n) is 6.28. The largest absolute Gasteiger partial charge is 0.491 e. The molecule has 0 spiro atoms. The Labute approximate surface area is 128 Å². The molecule has 7 heteroatoms. The minimum Gasteiger partial charge on any atom is -0.491 e. The quantitative estimate of drug-likeness (QED) is 0.872. The molecule has 0 aromatic heterocycles. The number of alkyl carbamates (subject to hydrolysis) is 1. The van der Waals surface area contributed by atoms with Crippen molar-refractivity contribution in [2.75, 3.05) is 6.61 Å². The van der Waals surface area contributed by atoms with E-state index in [4.69, 9.17) is 26.2 Å². The highest BCUT2D eigenvalue weighted by Crippen LogP contribution is 2.15. The molecule has 21 heavy (non-hydrogen) atoms. The number of nitrogens with one attached hydrogen (secondary N) is 1. The summed E-state index contributed by atoms with van der Waals surface area (Å²) in [6.45, 7) is 4.84. The molecule has 0 aliphatic rings. The van der Waals surface area contributed by atoms with Gasteiger partial charge in [0.1, 0.15) is 18.0 Å². The van der Waals surface area contributed by atoms with Crippen molar-refractivity contribution in [2.45, 2.75) is 32.4 Å². The van der Waals surface area contributed by atoms with Gasteiger partial charge >= 0.3 is 12.1 Å². The summed E-state index contributed by atoms with van der Waals surface area (Å²) in [5, 5.41) is 11.9. The normalized spacial score (nSPS) is 12.4. The molecule has 0 aliphatic carbocycles. The number of aliphatic carboxylic acids is 1. The van der Waals surface area contributed by atoms with Crippen LogP contribution in [0.1, 0.15) is 20.8 Å². The first-order valence-corrected chi connectivity index (χ1v) is 6.66. The molecular weight excluding hydrogens is 298 g/mol. The van der Waals surface area contributed by atoms with Crippen LogP contribution in [-0.2, 0) is 9.53 Å². The summed E-state index contributed by atoms with van der Waals surface area (Å²) in [7, 11) is 0. The summed E-state index contributed by atoms with van der Waals surface area (Å²) in [6.07, 6.45) is -0.811. The van der Waals surface area contributed by atoms with E-state index in [1.807, 2.05) is 0 Å². The molecule has 0 saturated heterocycles. The molecule has 1 atom stereocenters. The molecule has 0 aliphatic heterocycles. The van der Waals surface area contributed by atoms with Gasteiger partial charge in [0.05, 0.1) is 0 Å². The fourth-order valence-electron chi connectivity index (χ4n) is 1.33. The Morgan fingerprint density at radius 3 is 2.33 bits per heavy atom. The average Bonchev–Trinajstić information content (AvgIpc) is 2.33. The number of carboxylic acids is 1. The number of carbonyl (C=O) groups is 2. The minimum absolute atomic E-state index is 0.226. The van der Waals surface area contributed by atoms with E-state index in [1.54, 1.807) is 45.0 Å². The number of hydrogen-bond acceptors (Lipinski definition) is 4. The smallest absolute Gasteiger partial charge is 0.408 e. The second-order valence-corrected chi connectivity index (χ2v) is 5.74. The Morgan fingerprint density at radius 1 is 1.29 bits per heavy atom. The molecule has 1 aromatic rings. The summed E-state index contributed by atoms with van der Waals surface area (Å²) in [5.41, 5.74) is -0.704. The summed E-state index contributed by atoms with van der Waals surface area (Å²) < 4.78 is 10.3. The van der Waals surface area contributed by atoms with Gasteiger partial charge in [-0.1, -0.05) is 11.6 Å². The number of hydrogen-bond donors (Lipinski definition) is 2. The number of halogens is 1. The second kappa shape index (κ2) is 7.17. The molecule has 1 amide bonds. The van der Waals surface area contributed by atoms with E-state index >= 15 is 0 Å². The van der Waals surface area contributed by atoms with Crippen LogP contribution in [0.3, 0.4) is 0 Å². The van der Waals surface area contributed by atoms with E-state index in [0.29, 0.717) is 10.8 Å². The molecule has 1 rings (SSSR count). The zero-order valence-corrected chi connectivity index (χ0v) is 12.8. The predicted molar refractivity (Wildman–Crippen MR) is 77.7 cm³/mol. The van der Waals surface area contributed by atoms with Crippen molar-refractivity contribution in [3.63, 3.8) is 0 Å². The predicted octanol–water partition coefficient (Wildman–Crippen LogP) is 2.70. The van der Waals surface area contributed by atoms with E-state index in [2.05, 4.69) is 5.32 Å². The maximum absolute atomic E-state index is 11.6. The van der Waals surface area contributed by atoms with Crippen LogP contribution in [-0.4, -0.2) is 35.4 Å². The van der Waals surface area contributed by atoms with Gasteiger partial charge in [0.2, 0.25) is 0 Å². The van der Waals surface area contributed by atoms with Gasteiger partial charge in [0, 0.05) is 5.02 Å². The number of rotatable bonds is 5.